The number of rotatable bonds is 7. The highest BCUT2D eigenvalue weighted by Crippen LogP contribution is 2.20. The fourth-order valence-electron chi connectivity index (χ4n) is 1.74. The molecule has 0 saturated heterocycles. The van der Waals surface area contributed by atoms with Crippen LogP contribution in [-0.2, 0) is 0 Å². The maximum absolute atomic E-state index is 5.55. The lowest BCUT2D eigenvalue weighted by Crippen LogP contribution is -2.06. The van der Waals surface area contributed by atoms with Crippen LogP contribution in [0.1, 0.15) is 59.8 Å². The van der Waals surface area contributed by atoms with Crippen molar-refractivity contribution in [2.75, 3.05) is 6.54 Å². The van der Waals surface area contributed by atoms with Crippen molar-refractivity contribution in [3.05, 3.63) is 11.1 Å². The zero-order valence-corrected chi connectivity index (χ0v) is 10.4. The SMILES string of the molecule is CCCCC(C)=C(C)CC(C)CCN. The van der Waals surface area contributed by atoms with Gasteiger partial charge in [-0.1, -0.05) is 31.4 Å². The minimum absolute atomic E-state index is 0.747. The molecule has 0 aromatic carbocycles. The topological polar surface area (TPSA) is 26.0 Å². The largest absolute Gasteiger partial charge is 0.330 e. The van der Waals surface area contributed by atoms with Crippen molar-refractivity contribution in [2.45, 2.75) is 59.8 Å². The van der Waals surface area contributed by atoms with Crippen molar-refractivity contribution < 1.29 is 0 Å². The van der Waals surface area contributed by atoms with Gasteiger partial charge in [0.05, 0.1) is 0 Å². The van der Waals surface area contributed by atoms with Gasteiger partial charge in [-0.05, 0) is 52.0 Å². The Morgan fingerprint density at radius 2 is 1.86 bits per heavy atom. The zero-order chi connectivity index (χ0) is 11.0. The third-order valence-electron chi connectivity index (χ3n) is 2.95. The normalized spacial score (nSPS) is 15.2. The van der Waals surface area contributed by atoms with E-state index in [1.165, 1.54) is 25.7 Å². The molecule has 0 aliphatic rings. The molecule has 1 heteroatoms. The van der Waals surface area contributed by atoms with Gasteiger partial charge in [0.15, 0.2) is 0 Å². The highest BCUT2D eigenvalue weighted by molar-refractivity contribution is 5.09. The molecule has 1 unspecified atom stereocenters. The quantitative estimate of drug-likeness (QED) is 0.616. The van der Waals surface area contributed by atoms with Crippen molar-refractivity contribution in [3.63, 3.8) is 0 Å². The molecular formula is C13H27N. The second-order valence-electron chi connectivity index (χ2n) is 4.55. The first-order chi connectivity index (χ1) is 6.61. The van der Waals surface area contributed by atoms with E-state index in [1.807, 2.05) is 0 Å². The summed E-state index contributed by atoms with van der Waals surface area (Å²) in [5.41, 5.74) is 8.72. The molecule has 0 aliphatic heterocycles. The summed E-state index contributed by atoms with van der Waals surface area (Å²) in [7, 11) is 0. The number of unbranched alkanes of at least 4 members (excludes halogenated alkanes) is 1. The van der Waals surface area contributed by atoms with E-state index < -0.39 is 0 Å². The predicted molar refractivity (Wildman–Crippen MR) is 65.4 cm³/mol. The second kappa shape index (κ2) is 8.05. The number of nitrogens with two attached hydrogens (primary N) is 1. The molecule has 0 aromatic heterocycles. The summed E-state index contributed by atoms with van der Waals surface area (Å²) in [6.45, 7) is 9.92. The number of allylic oxidation sites excluding steroid dienone is 2. The van der Waals surface area contributed by atoms with Crippen LogP contribution >= 0.6 is 0 Å². The average molecular weight is 197 g/mol. The fourth-order valence-corrected chi connectivity index (χ4v) is 1.74. The molecule has 0 radical (unpaired) electrons. The van der Waals surface area contributed by atoms with Crippen LogP contribution < -0.4 is 5.73 Å². The first-order valence-corrected chi connectivity index (χ1v) is 5.97. The van der Waals surface area contributed by atoms with Crippen LogP contribution in [0.3, 0.4) is 0 Å². The Hall–Kier alpha value is -0.300. The molecule has 0 heterocycles. The third-order valence-corrected chi connectivity index (χ3v) is 2.95. The van der Waals surface area contributed by atoms with E-state index in [2.05, 4.69) is 27.7 Å². The fraction of sp³-hybridized carbons (Fsp3) is 0.846. The first kappa shape index (κ1) is 13.7. The standard InChI is InChI=1S/C13H27N/c1-5-6-7-12(3)13(4)10-11(2)8-9-14/h11H,5-10,14H2,1-4H3. The van der Waals surface area contributed by atoms with Crippen molar-refractivity contribution in [2.24, 2.45) is 11.7 Å². The van der Waals surface area contributed by atoms with Crippen LogP contribution in [0.4, 0.5) is 0 Å². The molecule has 0 aromatic rings. The summed E-state index contributed by atoms with van der Waals surface area (Å²) in [5.74, 6) is 0.747. The summed E-state index contributed by atoms with van der Waals surface area (Å²) < 4.78 is 0. The van der Waals surface area contributed by atoms with Crippen molar-refractivity contribution in [1.29, 1.82) is 0 Å². The van der Waals surface area contributed by atoms with Gasteiger partial charge in [0.25, 0.3) is 0 Å². The number of hydrogen-bond acceptors (Lipinski definition) is 1. The molecule has 0 spiro atoms. The number of hydrogen-bond donors (Lipinski definition) is 1. The molecule has 0 saturated carbocycles. The smallest absolute Gasteiger partial charge is 0.00746 e. The Morgan fingerprint density at radius 1 is 1.21 bits per heavy atom. The van der Waals surface area contributed by atoms with Crippen molar-refractivity contribution in [1.82, 2.24) is 0 Å². The van der Waals surface area contributed by atoms with E-state index >= 15 is 0 Å². The van der Waals surface area contributed by atoms with Gasteiger partial charge in [0.1, 0.15) is 0 Å². The van der Waals surface area contributed by atoms with Gasteiger partial charge in [0, 0.05) is 0 Å². The summed E-state index contributed by atoms with van der Waals surface area (Å²) >= 11 is 0. The molecule has 1 nitrogen and oxygen atoms in total. The van der Waals surface area contributed by atoms with Crippen molar-refractivity contribution >= 4 is 0 Å². The minimum Gasteiger partial charge on any atom is -0.330 e. The van der Waals surface area contributed by atoms with Gasteiger partial charge in [-0.15, -0.1) is 0 Å². The Labute approximate surface area is 89.8 Å². The Bertz CT molecular complexity index is 170. The van der Waals surface area contributed by atoms with E-state index in [0.717, 1.165) is 18.9 Å². The van der Waals surface area contributed by atoms with E-state index in [-0.39, 0.29) is 0 Å². The lowest BCUT2D eigenvalue weighted by molar-refractivity contribution is 0.532. The summed E-state index contributed by atoms with van der Waals surface area (Å²) in [4.78, 5) is 0. The zero-order valence-electron chi connectivity index (χ0n) is 10.4. The Morgan fingerprint density at radius 3 is 2.36 bits per heavy atom. The molecule has 2 N–H and O–H groups in total. The maximum Gasteiger partial charge on any atom is -0.00746 e. The van der Waals surface area contributed by atoms with Gasteiger partial charge >= 0.3 is 0 Å². The minimum atomic E-state index is 0.747. The Kier molecular flexibility index (Phi) is 7.87. The van der Waals surface area contributed by atoms with Gasteiger partial charge in [-0.25, -0.2) is 0 Å². The highest BCUT2D eigenvalue weighted by atomic mass is 14.5. The van der Waals surface area contributed by atoms with Gasteiger partial charge < -0.3 is 5.73 Å². The van der Waals surface area contributed by atoms with Crippen LogP contribution in [0, 0.1) is 5.92 Å². The molecular weight excluding hydrogens is 170 g/mol. The van der Waals surface area contributed by atoms with Gasteiger partial charge in [-0.3, -0.25) is 0 Å². The summed E-state index contributed by atoms with van der Waals surface area (Å²) in [5, 5.41) is 0. The maximum atomic E-state index is 5.55. The molecule has 0 bridgehead atoms. The molecule has 0 fully saturated rings. The first-order valence-electron chi connectivity index (χ1n) is 5.97. The van der Waals surface area contributed by atoms with Crippen LogP contribution in [0.15, 0.2) is 11.1 Å². The molecule has 1 atom stereocenters. The van der Waals surface area contributed by atoms with Gasteiger partial charge in [0.2, 0.25) is 0 Å². The van der Waals surface area contributed by atoms with Crippen LogP contribution in [0.5, 0.6) is 0 Å². The van der Waals surface area contributed by atoms with Crippen LogP contribution in [0.25, 0.3) is 0 Å². The monoisotopic (exact) mass is 197 g/mol. The van der Waals surface area contributed by atoms with E-state index in [0.29, 0.717) is 0 Å². The highest BCUT2D eigenvalue weighted by Gasteiger charge is 2.04. The van der Waals surface area contributed by atoms with E-state index in [9.17, 15) is 0 Å². The van der Waals surface area contributed by atoms with Gasteiger partial charge in [-0.2, -0.15) is 0 Å². The van der Waals surface area contributed by atoms with E-state index in [1.54, 1.807) is 11.1 Å². The van der Waals surface area contributed by atoms with Crippen LogP contribution in [-0.4, -0.2) is 6.54 Å². The molecule has 0 aliphatic carbocycles. The second-order valence-corrected chi connectivity index (χ2v) is 4.55. The molecule has 14 heavy (non-hydrogen) atoms. The van der Waals surface area contributed by atoms with Crippen LogP contribution in [0.2, 0.25) is 0 Å². The lowest BCUT2D eigenvalue weighted by Gasteiger charge is -2.13. The van der Waals surface area contributed by atoms with Crippen molar-refractivity contribution in [3.8, 4) is 0 Å². The molecule has 0 amide bonds. The van der Waals surface area contributed by atoms with E-state index in [4.69, 9.17) is 5.73 Å². The predicted octanol–water partition coefficient (Wildman–Crippen LogP) is 3.89. The Balaban J connectivity index is 3.94. The molecule has 0 rings (SSSR count). The summed E-state index contributed by atoms with van der Waals surface area (Å²) in [6, 6.07) is 0. The summed E-state index contributed by atoms with van der Waals surface area (Å²) in [6.07, 6.45) is 6.28. The average Bonchev–Trinajstić information content (AvgIpc) is 2.14. The third kappa shape index (κ3) is 6.20. The lowest BCUT2D eigenvalue weighted by atomic mass is 9.94. The molecule has 84 valence electrons.